The molecule has 0 fully saturated rings. The maximum absolute atomic E-state index is 11.2. The summed E-state index contributed by atoms with van der Waals surface area (Å²) in [6, 6.07) is 3.55. The average Bonchev–Trinajstić information content (AvgIpc) is 2.27. The van der Waals surface area contributed by atoms with Crippen molar-refractivity contribution in [1.29, 1.82) is 0 Å². The van der Waals surface area contributed by atoms with Crippen molar-refractivity contribution in [2.24, 2.45) is 0 Å². The molecule has 1 aromatic rings. The molecule has 0 saturated carbocycles. The highest BCUT2D eigenvalue weighted by atomic mass is 32.2. The van der Waals surface area contributed by atoms with Gasteiger partial charge in [-0.3, -0.25) is 9.54 Å². The quantitative estimate of drug-likeness (QED) is 0.587. The highest BCUT2D eigenvalue weighted by molar-refractivity contribution is 7.76. The van der Waals surface area contributed by atoms with Crippen LogP contribution in [0.5, 0.6) is 0 Å². The molecule has 0 aliphatic heterocycles. The van der Waals surface area contributed by atoms with Gasteiger partial charge in [-0.1, -0.05) is 6.07 Å². The lowest BCUT2D eigenvalue weighted by atomic mass is 10.3. The maximum atomic E-state index is 11.2. The minimum absolute atomic E-state index is 0.298. The molecular formula is C8H11N3O4S. The minimum Gasteiger partial charge on any atom is -0.338 e. The summed E-state index contributed by atoms with van der Waals surface area (Å²) in [5, 5.41) is 0. The lowest BCUT2D eigenvalue weighted by Crippen LogP contribution is -2.32. The molecule has 0 aliphatic carbocycles. The Bertz CT molecular complexity index is 373. The van der Waals surface area contributed by atoms with Gasteiger partial charge in [-0.15, -0.1) is 0 Å². The van der Waals surface area contributed by atoms with Gasteiger partial charge in [-0.05, 0) is 16.5 Å². The van der Waals surface area contributed by atoms with E-state index in [0.29, 0.717) is 6.54 Å². The molecule has 1 unspecified atom stereocenters. The molecule has 0 radical (unpaired) electrons. The molecule has 1 atom stereocenters. The second kappa shape index (κ2) is 6.16. The number of aromatic nitrogens is 1. The van der Waals surface area contributed by atoms with Gasteiger partial charge in [0.1, 0.15) is 0 Å². The third-order valence-corrected chi connectivity index (χ3v) is 1.88. The van der Waals surface area contributed by atoms with Crippen LogP contribution in [0.2, 0.25) is 0 Å². The van der Waals surface area contributed by atoms with Crippen molar-refractivity contribution in [2.45, 2.75) is 6.54 Å². The Kier molecular flexibility index (Phi) is 4.83. The summed E-state index contributed by atoms with van der Waals surface area (Å²) in [7, 11) is 1.50. The van der Waals surface area contributed by atoms with E-state index >= 15 is 0 Å². The number of nitrogens with zero attached hydrogens (tertiary/aromatic N) is 2. The SMILES string of the molecule is CN(Cc1cccnc1)C(=O)ONS(=O)O. The first kappa shape index (κ1) is 12.6. The zero-order valence-corrected chi connectivity index (χ0v) is 9.31. The molecule has 8 heteroatoms. The molecule has 7 nitrogen and oxygen atoms in total. The second-order valence-corrected chi connectivity index (χ2v) is 3.58. The second-order valence-electron chi connectivity index (χ2n) is 2.92. The van der Waals surface area contributed by atoms with Crippen molar-refractivity contribution in [3.63, 3.8) is 0 Å². The van der Waals surface area contributed by atoms with Crippen molar-refractivity contribution < 1.29 is 18.4 Å². The molecule has 0 saturated heterocycles. The number of amides is 1. The van der Waals surface area contributed by atoms with E-state index in [1.807, 2.05) is 0 Å². The number of hydrogen-bond donors (Lipinski definition) is 2. The van der Waals surface area contributed by atoms with Gasteiger partial charge in [-0.25, -0.2) is 9.00 Å². The standard InChI is InChI=1S/C8H11N3O4S/c1-11(8(12)15-10-16(13)14)6-7-3-2-4-9-5-7/h2-5,10H,6H2,1H3,(H,13,14). The molecule has 16 heavy (non-hydrogen) atoms. The molecular weight excluding hydrogens is 234 g/mol. The van der Waals surface area contributed by atoms with Crippen molar-refractivity contribution >= 4 is 17.4 Å². The first-order chi connectivity index (χ1) is 7.59. The fourth-order valence-corrected chi connectivity index (χ4v) is 1.12. The summed E-state index contributed by atoms with van der Waals surface area (Å²) in [5.74, 6) is 0. The van der Waals surface area contributed by atoms with Crippen LogP contribution >= 0.6 is 0 Å². The van der Waals surface area contributed by atoms with E-state index in [-0.39, 0.29) is 0 Å². The van der Waals surface area contributed by atoms with Crippen LogP contribution in [0.1, 0.15) is 5.56 Å². The molecule has 1 rings (SSSR count). The van der Waals surface area contributed by atoms with Crippen molar-refractivity contribution in [3.05, 3.63) is 30.1 Å². The fourth-order valence-electron chi connectivity index (χ4n) is 0.979. The highest BCUT2D eigenvalue weighted by Gasteiger charge is 2.11. The van der Waals surface area contributed by atoms with Gasteiger partial charge in [0, 0.05) is 19.4 Å². The van der Waals surface area contributed by atoms with Gasteiger partial charge in [0.15, 0.2) is 0 Å². The van der Waals surface area contributed by atoms with Crippen LogP contribution in [0.3, 0.4) is 0 Å². The van der Waals surface area contributed by atoms with Crippen LogP contribution in [0.15, 0.2) is 24.5 Å². The van der Waals surface area contributed by atoms with Crippen molar-refractivity contribution in [3.8, 4) is 0 Å². The number of carbonyl (C=O) groups is 1. The Morgan fingerprint density at radius 2 is 2.50 bits per heavy atom. The predicted octanol–water partition coefficient (Wildman–Crippen LogP) is 0.291. The first-order valence-electron chi connectivity index (χ1n) is 4.27. The Balaban J connectivity index is 2.43. The largest absolute Gasteiger partial charge is 0.429 e. The molecule has 2 N–H and O–H groups in total. The smallest absolute Gasteiger partial charge is 0.338 e. The normalized spacial score (nSPS) is 11.9. The number of pyridine rings is 1. The van der Waals surface area contributed by atoms with Crippen LogP contribution in [-0.2, 0) is 22.6 Å². The van der Waals surface area contributed by atoms with Crippen LogP contribution < -0.4 is 4.89 Å². The van der Waals surface area contributed by atoms with E-state index in [1.165, 1.54) is 11.9 Å². The molecule has 1 amide bonds. The van der Waals surface area contributed by atoms with Crippen LogP contribution in [-0.4, -0.2) is 31.8 Å². The van der Waals surface area contributed by atoms with Crippen LogP contribution in [0.25, 0.3) is 0 Å². The van der Waals surface area contributed by atoms with Gasteiger partial charge in [0.05, 0.1) is 6.54 Å². The number of nitrogens with one attached hydrogen (secondary N) is 1. The lowest BCUT2D eigenvalue weighted by molar-refractivity contribution is 0.0888. The topological polar surface area (TPSA) is 91.8 Å². The zero-order chi connectivity index (χ0) is 12.0. The number of hydrogen-bond acceptors (Lipinski definition) is 4. The zero-order valence-electron chi connectivity index (χ0n) is 8.49. The van der Waals surface area contributed by atoms with Gasteiger partial charge in [0.2, 0.25) is 0 Å². The van der Waals surface area contributed by atoms with Gasteiger partial charge < -0.3 is 9.74 Å². The van der Waals surface area contributed by atoms with E-state index in [9.17, 15) is 9.00 Å². The summed E-state index contributed by atoms with van der Waals surface area (Å²) in [6.45, 7) is 0.298. The van der Waals surface area contributed by atoms with E-state index in [2.05, 4.69) is 9.82 Å². The average molecular weight is 245 g/mol. The fraction of sp³-hybridized carbons (Fsp3) is 0.250. The monoisotopic (exact) mass is 245 g/mol. The first-order valence-corrected chi connectivity index (χ1v) is 5.37. The molecule has 1 aromatic heterocycles. The Morgan fingerprint density at radius 3 is 3.06 bits per heavy atom. The van der Waals surface area contributed by atoms with Crippen LogP contribution in [0, 0.1) is 0 Å². The van der Waals surface area contributed by atoms with Gasteiger partial charge >= 0.3 is 6.09 Å². The lowest BCUT2D eigenvalue weighted by Gasteiger charge is -2.15. The summed E-state index contributed by atoms with van der Waals surface area (Å²) in [5.41, 5.74) is 0.826. The summed E-state index contributed by atoms with van der Waals surface area (Å²) < 4.78 is 18.5. The summed E-state index contributed by atoms with van der Waals surface area (Å²) >= 11 is -2.38. The molecule has 0 bridgehead atoms. The molecule has 88 valence electrons. The van der Waals surface area contributed by atoms with Gasteiger partial charge in [0.25, 0.3) is 11.3 Å². The Labute approximate surface area is 94.8 Å². The minimum atomic E-state index is -2.38. The Morgan fingerprint density at radius 1 is 1.75 bits per heavy atom. The predicted molar refractivity (Wildman–Crippen MR) is 56.1 cm³/mol. The number of carbonyl (C=O) groups excluding carboxylic acids is 1. The summed E-state index contributed by atoms with van der Waals surface area (Å²) in [6.07, 6.45) is 2.48. The summed E-state index contributed by atoms with van der Waals surface area (Å²) in [4.78, 5) is 22.3. The molecule has 0 spiro atoms. The van der Waals surface area contributed by atoms with E-state index in [0.717, 1.165) is 5.56 Å². The number of rotatable bonds is 4. The van der Waals surface area contributed by atoms with E-state index in [1.54, 1.807) is 29.4 Å². The van der Waals surface area contributed by atoms with E-state index in [4.69, 9.17) is 4.55 Å². The van der Waals surface area contributed by atoms with E-state index < -0.39 is 17.4 Å². The maximum Gasteiger partial charge on any atom is 0.429 e. The molecule has 0 aromatic carbocycles. The highest BCUT2D eigenvalue weighted by Crippen LogP contribution is 2.01. The van der Waals surface area contributed by atoms with Gasteiger partial charge in [-0.2, -0.15) is 0 Å². The van der Waals surface area contributed by atoms with Crippen molar-refractivity contribution in [2.75, 3.05) is 7.05 Å². The Hall–Kier alpha value is -1.51. The molecule has 0 aliphatic rings. The third-order valence-electron chi connectivity index (χ3n) is 1.65. The van der Waals surface area contributed by atoms with Crippen LogP contribution in [0.4, 0.5) is 4.79 Å². The molecule has 1 heterocycles. The third kappa shape index (κ3) is 4.34. The van der Waals surface area contributed by atoms with Crippen molar-refractivity contribution in [1.82, 2.24) is 14.8 Å².